The number of likely N-dealkylation sites (N-methyl/N-ethyl adjacent to an activating group) is 1. The van der Waals surface area contributed by atoms with Gasteiger partial charge in [0.2, 0.25) is 0 Å². The Balaban J connectivity index is 3.79. The van der Waals surface area contributed by atoms with Crippen LogP contribution >= 0.6 is 0 Å². The first kappa shape index (κ1) is 12.4. The van der Waals surface area contributed by atoms with E-state index in [2.05, 4.69) is 4.90 Å². The van der Waals surface area contributed by atoms with Crippen molar-refractivity contribution >= 4 is 5.97 Å². The second-order valence-corrected chi connectivity index (χ2v) is 3.08. The van der Waals surface area contributed by atoms with Gasteiger partial charge in [0.1, 0.15) is 0 Å². The average molecular weight is 189 g/mol. The van der Waals surface area contributed by atoms with Crippen molar-refractivity contribution < 1.29 is 14.6 Å². The molecule has 0 bridgehead atoms. The van der Waals surface area contributed by atoms with Crippen LogP contribution in [0.5, 0.6) is 0 Å². The highest BCUT2D eigenvalue weighted by molar-refractivity contribution is 5.66. The number of hydrogen-bond acceptors (Lipinski definition) is 3. The molecule has 0 aliphatic rings. The van der Waals surface area contributed by atoms with Gasteiger partial charge < -0.3 is 9.84 Å². The molecule has 0 heterocycles. The van der Waals surface area contributed by atoms with Gasteiger partial charge in [0, 0.05) is 19.7 Å². The zero-order chi connectivity index (χ0) is 10.3. The number of carboxylic acid groups (broad SMARTS) is 1. The van der Waals surface area contributed by atoms with Gasteiger partial charge in [0.15, 0.2) is 0 Å². The summed E-state index contributed by atoms with van der Waals surface area (Å²) in [6.45, 7) is 6.16. The second-order valence-electron chi connectivity index (χ2n) is 3.08. The zero-order valence-electron chi connectivity index (χ0n) is 8.62. The standard InChI is InChI=1S/C9H19NO3/c1-4-10(6-5-9(11)12)8(2)7-13-3/h8H,4-7H2,1-3H3,(H,11,12). The van der Waals surface area contributed by atoms with Crippen LogP contribution in [0.25, 0.3) is 0 Å². The van der Waals surface area contributed by atoms with Crippen LogP contribution in [0.4, 0.5) is 0 Å². The number of hydrogen-bond donors (Lipinski definition) is 1. The summed E-state index contributed by atoms with van der Waals surface area (Å²) in [6.07, 6.45) is 0.196. The molecule has 0 spiro atoms. The Labute approximate surface area is 79.5 Å². The van der Waals surface area contributed by atoms with Gasteiger partial charge in [-0.3, -0.25) is 9.69 Å². The largest absolute Gasteiger partial charge is 0.481 e. The molecule has 0 aromatic carbocycles. The molecule has 4 nitrogen and oxygen atoms in total. The fourth-order valence-corrected chi connectivity index (χ4v) is 1.28. The van der Waals surface area contributed by atoms with Gasteiger partial charge in [-0.2, -0.15) is 0 Å². The van der Waals surface area contributed by atoms with Crippen molar-refractivity contribution in [1.82, 2.24) is 4.90 Å². The third-order valence-corrected chi connectivity index (χ3v) is 2.05. The van der Waals surface area contributed by atoms with E-state index in [9.17, 15) is 4.79 Å². The van der Waals surface area contributed by atoms with E-state index in [4.69, 9.17) is 9.84 Å². The summed E-state index contributed by atoms with van der Waals surface area (Å²) in [5.74, 6) is -0.747. The molecule has 1 unspecified atom stereocenters. The predicted molar refractivity (Wildman–Crippen MR) is 50.8 cm³/mol. The molecule has 0 aliphatic carbocycles. The Morgan fingerprint density at radius 2 is 2.23 bits per heavy atom. The van der Waals surface area contributed by atoms with Crippen molar-refractivity contribution in [3.05, 3.63) is 0 Å². The van der Waals surface area contributed by atoms with Crippen LogP contribution in [-0.2, 0) is 9.53 Å². The molecule has 0 saturated heterocycles. The van der Waals surface area contributed by atoms with Gasteiger partial charge in [-0.05, 0) is 13.5 Å². The molecule has 78 valence electrons. The lowest BCUT2D eigenvalue weighted by Gasteiger charge is -2.26. The van der Waals surface area contributed by atoms with E-state index in [0.29, 0.717) is 13.2 Å². The molecular weight excluding hydrogens is 170 g/mol. The highest BCUT2D eigenvalue weighted by Gasteiger charge is 2.12. The van der Waals surface area contributed by atoms with Crippen LogP contribution < -0.4 is 0 Å². The van der Waals surface area contributed by atoms with Crippen molar-refractivity contribution in [2.24, 2.45) is 0 Å². The van der Waals surface area contributed by atoms with E-state index in [1.54, 1.807) is 7.11 Å². The Morgan fingerprint density at radius 3 is 2.62 bits per heavy atom. The topological polar surface area (TPSA) is 49.8 Å². The molecule has 0 radical (unpaired) electrons. The summed E-state index contributed by atoms with van der Waals surface area (Å²) in [6, 6.07) is 0.286. The lowest BCUT2D eigenvalue weighted by Crippen LogP contribution is -2.37. The first-order valence-corrected chi connectivity index (χ1v) is 4.56. The van der Waals surface area contributed by atoms with Crippen molar-refractivity contribution in [1.29, 1.82) is 0 Å². The molecule has 0 rings (SSSR count). The number of carbonyl (C=O) groups is 1. The van der Waals surface area contributed by atoms with Crippen molar-refractivity contribution in [2.45, 2.75) is 26.3 Å². The van der Waals surface area contributed by atoms with Crippen LogP contribution in [0.15, 0.2) is 0 Å². The van der Waals surface area contributed by atoms with Crippen LogP contribution in [0.3, 0.4) is 0 Å². The summed E-state index contributed by atoms with van der Waals surface area (Å²) in [5, 5.41) is 8.51. The van der Waals surface area contributed by atoms with Crippen molar-refractivity contribution in [3.8, 4) is 0 Å². The maximum atomic E-state index is 10.3. The quantitative estimate of drug-likeness (QED) is 0.644. The van der Waals surface area contributed by atoms with E-state index >= 15 is 0 Å². The van der Waals surface area contributed by atoms with E-state index in [1.807, 2.05) is 13.8 Å². The SMILES string of the molecule is CCN(CCC(=O)O)C(C)COC. The molecule has 0 amide bonds. The third-order valence-electron chi connectivity index (χ3n) is 2.05. The summed E-state index contributed by atoms with van der Waals surface area (Å²) in [7, 11) is 1.65. The van der Waals surface area contributed by atoms with E-state index in [-0.39, 0.29) is 12.5 Å². The summed E-state index contributed by atoms with van der Waals surface area (Å²) in [5.41, 5.74) is 0. The van der Waals surface area contributed by atoms with Crippen molar-refractivity contribution in [2.75, 3.05) is 26.8 Å². The smallest absolute Gasteiger partial charge is 0.304 e. The lowest BCUT2D eigenvalue weighted by molar-refractivity contribution is -0.137. The summed E-state index contributed by atoms with van der Waals surface area (Å²) in [4.78, 5) is 12.4. The molecule has 4 heteroatoms. The molecule has 13 heavy (non-hydrogen) atoms. The molecular formula is C9H19NO3. The van der Waals surface area contributed by atoms with Crippen LogP contribution in [0.2, 0.25) is 0 Å². The Hall–Kier alpha value is -0.610. The maximum absolute atomic E-state index is 10.3. The number of carboxylic acids is 1. The van der Waals surface area contributed by atoms with Crippen LogP contribution in [-0.4, -0.2) is 48.8 Å². The zero-order valence-corrected chi connectivity index (χ0v) is 8.62. The molecule has 0 aromatic rings. The second kappa shape index (κ2) is 6.86. The predicted octanol–water partition coefficient (Wildman–Crippen LogP) is 0.818. The maximum Gasteiger partial charge on any atom is 0.304 e. The summed E-state index contributed by atoms with van der Waals surface area (Å²) < 4.78 is 5.00. The minimum Gasteiger partial charge on any atom is -0.481 e. The van der Waals surface area contributed by atoms with Gasteiger partial charge >= 0.3 is 5.97 Å². The third kappa shape index (κ3) is 5.60. The van der Waals surface area contributed by atoms with E-state index in [0.717, 1.165) is 6.54 Å². The van der Waals surface area contributed by atoms with Crippen LogP contribution in [0, 0.1) is 0 Å². The van der Waals surface area contributed by atoms with Gasteiger partial charge in [0.05, 0.1) is 13.0 Å². The number of rotatable bonds is 7. The fraction of sp³-hybridized carbons (Fsp3) is 0.889. The van der Waals surface area contributed by atoms with Gasteiger partial charge in [-0.25, -0.2) is 0 Å². The average Bonchev–Trinajstić information content (AvgIpc) is 2.05. The Morgan fingerprint density at radius 1 is 1.62 bits per heavy atom. The van der Waals surface area contributed by atoms with Gasteiger partial charge in [-0.1, -0.05) is 6.92 Å². The summed E-state index contributed by atoms with van der Waals surface area (Å²) >= 11 is 0. The molecule has 1 atom stereocenters. The highest BCUT2D eigenvalue weighted by Crippen LogP contribution is 2.00. The Kier molecular flexibility index (Phi) is 6.54. The molecule has 0 fully saturated rings. The number of ether oxygens (including phenoxy) is 1. The number of aliphatic carboxylic acids is 1. The molecule has 0 aliphatic heterocycles. The minimum atomic E-state index is -0.747. The normalized spacial score (nSPS) is 13.2. The fourth-order valence-electron chi connectivity index (χ4n) is 1.28. The van der Waals surface area contributed by atoms with E-state index < -0.39 is 5.97 Å². The lowest BCUT2D eigenvalue weighted by atomic mass is 10.2. The minimum absolute atomic E-state index is 0.196. The number of methoxy groups -OCH3 is 1. The number of nitrogens with zero attached hydrogens (tertiary/aromatic N) is 1. The Bertz CT molecular complexity index is 150. The van der Waals surface area contributed by atoms with Crippen LogP contribution in [0.1, 0.15) is 20.3 Å². The first-order valence-electron chi connectivity index (χ1n) is 4.56. The highest BCUT2D eigenvalue weighted by atomic mass is 16.5. The molecule has 1 N–H and O–H groups in total. The van der Waals surface area contributed by atoms with E-state index in [1.165, 1.54) is 0 Å². The van der Waals surface area contributed by atoms with Crippen molar-refractivity contribution in [3.63, 3.8) is 0 Å². The molecule has 0 aromatic heterocycles. The van der Waals surface area contributed by atoms with Gasteiger partial charge in [0.25, 0.3) is 0 Å². The van der Waals surface area contributed by atoms with Gasteiger partial charge in [-0.15, -0.1) is 0 Å². The first-order chi connectivity index (χ1) is 6.11. The monoisotopic (exact) mass is 189 g/mol. The molecule has 0 saturated carbocycles.